The molecule has 1 aromatic carbocycles. The van der Waals surface area contributed by atoms with Crippen LogP contribution in [0.3, 0.4) is 0 Å². The van der Waals surface area contributed by atoms with Gasteiger partial charge in [-0.1, -0.05) is 34.6 Å². The van der Waals surface area contributed by atoms with E-state index in [2.05, 4.69) is 22.5 Å². The van der Waals surface area contributed by atoms with E-state index >= 15 is 0 Å². The molecule has 1 aromatic rings. The second kappa shape index (κ2) is 4.01. The molecule has 0 radical (unpaired) electrons. The Hall–Kier alpha value is -1.16. The van der Waals surface area contributed by atoms with Crippen LogP contribution in [-0.4, -0.2) is 23.9 Å². The predicted molar refractivity (Wildman–Crippen MR) is 63.7 cm³/mol. The maximum Gasteiger partial charge on any atom is 0.246 e. The van der Waals surface area contributed by atoms with Crippen LogP contribution < -0.4 is 0 Å². The standard InChI is InChI=1S/C12H11BrFNO/c1-2-11(16)15-7-12(14,8-15)9-3-5-10(13)6-4-9/h2-6H,1,7-8H2. The number of hydrogen-bond acceptors (Lipinski definition) is 1. The van der Waals surface area contributed by atoms with Gasteiger partial charge in [0, 0.05) is 4.47 Å². The van der Waals surface area contributed by atoms with Crippen molar-refractivity contribution in [3.63, 3.8) is 0 Å². The summed E-state index contributed by atoms with van der Waals surface area (Å²) in [5.74, 6) is -0.217. The number of amides is 1. The van der Waals surface area contributed by atoms with Gasteiger partial charge in [-0.2, -0.15) is 0 Å². The van der Waals surface area contributed by atoms with Gasteiger partial charge in [-0.05, 0) is 23.8 Å². The molecule has 2 rings (SSSR count). The minimum absolute atomic E-state index is 0.111. The molecular weight excluding hydrogens is 273 g/mol. The third-order valence-corrected chi connectivity index (χ3v) is 3.26. The lowest BCUT2D eigenvalue weighted by atomic mass is 9.88. The molecule has 0 unspecified atom stereocenters. The molecule has 1 amide bonds. The van der Waals surface area contributed by atoms with E-state index in [9.17, 15) is 9.18 Å². The molecular formula is C12H11BrFNO. The van der Waals surface area contributed by atoms with Gasteiger partial charge in [0.1, 0.15) is 0 Å². The van der Waals surface area contributed by atoms with Crippen LogP contribution >= 0.6 is 15.9 Å². The molecule has 0 spiro atoms. The van der Waals surface area contributed by atoms with Gasteiger partial charge in [0.25, 0.3) is 0 Å². The molecule has 1 heterocycles. The number of rotatable bonds is 2. The van der Waals surface area contributed by atoms with Crippen molar-refractivity contribution >= 4 is 21.8 Å². The van der Waals surface area contributed by atoms with E-state index in [-0.39, 0.29) is 19.0 Å². The number of carbonyl (C=O) groups excluding carboxylic acids is 1. The first-order chi connectivity index (χ1) is 7.55. The summed E-state index contributed by atoms with van der Waals surface area (Å²) >= 11 is 3.30. The van der Waals surface area contributed by atoms with Gasteiger partial charge in [-0.3, -0.25) is 4.79 Å². The Balaban J connectivity index is 2.10. The second-order valence-corrected chi connectivity index (χ2v) is 4.79. The maximum absolute atomic E-state index is 14.3. The molecule has 1 fully saturated rings. The molecule has 0 aromatic heterocycles. The zero-order valence-corrected chi connectivity index (χ0v) is 10.2. The minimum Gasteiger partial charge on any atom is -0.332 e. The molecule has 1 aliphatic heterocycles. The average molecular weight is 284 g/mol. The van der Waals surface area contributed by atoms with Crippen molar-refractivity contribution in [3.05, 3.63) is 47.0 Å². The number of benzene rings is 1. The smallest absolute Gasteiger partial charge is 0.246 e. The summed E-state index contributed by atoms with van der Waals surface area (Å²) < 4.78 is 15.2. The minimum atomic E-state index is -1.40. The first-order valence-electron chi connectivity index (χ1n) is 4.91. The Bertz CT molecular complexity index is 423. The van der Waals surface area contributed by atoms with Crippen LogP contribution in [0.25, 0.3) is 0 Å². The van der Waals surface area contributed by atoms with E-state index in [0.717, 1.165) is 4.47 Å². The van der Waals surface area contributed by atoms with Gasteiger partial charge in [0.15, 0.2) is 5.67 Å². The van der Waals surface area contributed by atoms with E-state index in [1.807, 2.05) is 0 Å². The summed E-state index contributed by atoms with van der Waals surface area (Å²) in [6, 6.07) is 7.07. The quantitative estimate of drug-likeness (QED) is 0.764. The summed E-state index contributed by atoms with van der Waals surface area (Å²) in [5, 5.41) is 0. The number of carbonyl (C=O) groups is 1. The van der Waals surface area contributed by atoms with Crippen LogP contribution in [0.5, 0.6) is 0 Å². The van der Waals surface area contributed by atoms with E-state index in [4.69, 9.17) is 0 Å². The fourth-order valence-corrected chi connectivity index (χ4v) is 2.04. The SMILES string of the molecule is C=CC(=O)N1CC(F)(c2ccc(Br)cc2)C1. The van der Waals surface area contributed by atoms with Crippen LogP contribution in [-0.2, 0) is 10.5 Å². The van der Waals surface area contributed by atoms with Crippen molar-refractivity contribution in [2.75, 3.05) is 13.1 Å². The summed E-state index contributed by atoms with van der Waals surface area (Å²) in [6.07, 6.45) is 1.21. The number of halogens is 2. The van der Waals surface area contributed by atoms with E-state index in [1.54, 1.807) is 24.3 Å². The molecule has 1 aliphatic rings. The molecule has 0 saturated carbocycles. The molecule has 2 nitrogen and oxygen atoms in total. The highest BCUT2D eigenvalue weighted by Crippen LogP contribution is 2.36. The average Bonchev–Trinajstić information content (AvgIpc) is 2.25. The summed E-state index contributed by atoms with van der Waals surface area (Å²) in [4.78, 5) is 12.6. The lowest BCUT2D eigenvalue weighted by Crippen LogP contribution is -2.58. The number of hydrogen-bond donors (Lipinski definition) is 0. The summed E-state index contributed by atoms with van der Waals surface area (Å²) in [6.45, 7) is 3.60. The fourth-order valence-electron chi connectivity index (χ4n) is 1.77. The van der Waals surface area contributed by atoms with Crippen LogP contribution in [0, 0.1) is 0 Å². The number of alkyl halides is 1. The van der Waals surface area contributed by atoms with Crippen LogP contribution in [0.1, 0.15) is 5.56 Å². The second-order valence-electron chi connectivity index (χ2n) is 3.87. The Morgan fingerprint density at radius 1 is 1.44 bits per heavy atom. The van der Waals surface area contributed by atoms with Gasteiger partial charge >= 0.3 is 0 Å². The molecule has 0 atom stereocenters. The normalized spacial score (nSPS) is 17.8. The molecule has 0 aliphatic carbocycles. The molecule has 0 N–H and O–H groups in total. The van der Waals surface area contributed by atoms with Gasteiger partial charge < -0.3 is 4.90 Å². The van der Waals surface area contributed by atoms with Crippen LogP contribution in [0.2, 0.25) is 0 Å². The fraction of sp³-hybridized carbons (Fsp3) is 0.250. The Morgan fingerprint density at radius 3 is 2.50 bits per heavy atom. The van der Waals surface area contributed by atoms with Crippen molar-refractivity contribution in [2.24, 2.45) is 0 Å². The Labute approximate surface area is 102 Å². The van der Waals surface area contributed by atoms with Crippen molar-refractivity contribution in [2.45, 2.75) is 5.67 Å². The lowest BCUT2D eigenvalue weighted by Gasteiger charge is -2.44. The zero-order valence-electron chi connectivity index (χ0n) is 8.62. The van der Waals surface area contributed by atoms with Crippen molar-refractivity contribution in [1.82, 2.24) is 4.90 Å². The molecule has 16 heavy (non-hydrogen) atoms. The molecule has 4 heteroatoms. The highest BCUT2D eigenvalue weighted by Gasteiger charge is 2.46. The topological polar surface area (TPSA) is 20.3 Å². The number of nitrogens with zero attached hydrogens (tertiary/aromatic N) is 1. The van der Waals surface area contributed by atoms with Gasteiger partial charge in [-0.15, -0.1) is 0 Å². The van der Waals surface area contributed by atoms with Gasteiger partial charge in [-0.25, -0.2) is 4.39 Å². The third kappa shape index (κ3) is 1.89. The highest BCUT2D eigenvalue weighted by molar-refractivity contribution is 9.10. The highest BCUT2D eigenvalue weighted by atomic mass is 79.9. The number of likely N-dealkylation sites (tertiary alicyclic amines) is 1. The molecule has 0 bridgehead atoms. The lowest BCUT2D eigenvalue weighted by molar-refractivity contribution is -0.140. The summed E-state index contributed by atoms with van der Waals surface area (Å²) in [7, 11) is 0. The Morgan fingerprint density at radius 2 is 2.00 bits per heavy atom. The maximum atomic E-state index is 14.3. The van der Waals surface area contributed by atoms with Gasteiger partial charge in [0.05, 0.1) is 13.1 Å². The van der Waals surface area contributed by atoms with Crippen LogP contribution in [0.4, 0.5) is 4.39 Å². The van der Waals surface area contributed by atoms with E-state index in [1.165, 1.54) is 11.0 Å². The first kappa shape index (κ1) is 11.3. The molecule has 1 saturated heterocycles. The third-order valence-electron chi connectivity index (χ3n) is 2.73. The Kier molecular flexibility index (Phi) is 2.84. The largest absolute Gasteiger partial charge is 0.332 e. The molecule has 84 valence electrons. The van der Waals surface area contributed by atoms with E-state index in [0.29, 0.717) is 5.56 Å². The monoisotopic (exact) mass is 283 g/mol. The summed E-state index contributed by atoms with van der Waals surface area (Å²) in [5.41, 5.74) is -0.789. The van der Waals surface area contributed by atoms with Gasteiger partial charge in [0.2, 0.25) is 5.91 Å². The zero-order chi connectivity index (χ0) is 11.8. The predicted octanol–water partition coefficient (Wildman–Crippen LogP) is 2.64. The van der Waals surface area contributed by atoms with Crippen molar-refractivity contribution in [3.8, 4) is 0 Å². The van der Waals surface area contributed by atoms with Crippen molar-refractivity contribution in [1.29, 1.82) is 0 Å². The van der Waals surface area contributed by atoms with Crippen molar-refractivity contribution < 1.29 is 9.18 Å². The first-order valence-corrected chi connectivity index (χ1v) is 5.71. The van der Waals surface area contributed by atoms with E-state index < -0.39 is 5.67 Å². The van der Waals surface area contributed by atoms with Crippen LogP contribution in [0.15, 0.2) is 41.4 Å².